The molecule has 0 saturated heterocycles. The van der Waals surface area contributed by atoms with Gasteiger partial charge in [0.1, 0.15) is 20.0 Å². The number of hydrogen-bond donors (Lipinski definition) is 0. The Bertz CT molecular complexity index is 1040. The fraction of sp³-hybridized carbons (Fsp3) is 0.667. The summed E-state index contributed by atoms with van der Waals surface area (Å²) < 4.78 is 6.38. The zero-order valence-corrected chi connectivity index (χ0v) is 26.8. The van der Waals surface area contributed by atoms with Gasteiger partial charge in [-0.3, -0.25) is 14.5 Å². The number of amides is 1. The molecular formula is C33H51NO4Si. The van der Waals surface area contributed by atoms with E-state index in [0.717, 1.165) is 30.9 Å². The minimum absolute atomic E-state index is 0.0247. The zero-order valence-electron chi connectivity index (χ0n) is 25.8. The van der Waals surface area contributed by atoms with Crippen molar-refractivity contribution in [3.63, 3.8) is 0 Å². The SMILES string of the molecule is CC(=O)C[C@H]1CC(=O)C([Si](C(C)C)(C(C)C)C(C)C)=CN1C(=O)O[C@H]1CCCC[C@@H]1C(C)(C)c1ccccc1. The van der Waals surface area contributed by atoms with Gasteiger partial charge < -0.3 is 4.74 Å². The van der Waals surface area contributed by atoms with E-state index in [2.05, 4.69) is 79.7 Å². The average molecular weight is 554 g/mol. The molecule has 5 nitrogen and oxygen atoms in total. The molecule has 1 heterocycles. The highest BCUT2D eigenvalue weighted by molar-refractivity contribution is 6.93. The predicted molar refractivity (Wildman–Crippen MR) is 161 cm³/mol. The van der Waals surface area contributed by atoms with Crippen molar-refractivity contribution in [2.75, 3.05) is 0 Å². The summed E-state index contributed by atoms with van der Waals surface area (Å²) in [5.41, 5.74) is 2.11. The molecule has 2 aliphatic rings. The van der Waals surface area contributed by atoms with Gasteiger partial charge in [0.15, 0.2) is 5.78 Å². The molecule has 1 saturated carbocycles. The maximum atomic E-state index is 14.0. The summed E-state index contributed by atoms with van der Waals surface area (Å²) in [6.07, 6.45) is 5.53. The molecule has 0 spiro atoms. The Hall–Kier alpha value is -2.21. The number of ketones is 2. The molecule has 0 bridgehead atoms. The highest BCUT2D eigenvalue weighted by Crippen LogP contribution is 2.48. The number of carbonyl (C=O) groups is 3. The molecule has 0 N–H and O–H groups in total. The smallest absolute Gasteiger partial charge is 0.414 e. The Labute approximate surface area is 237 Å². The van der Waals surface area contributed by atoms with Gasteiger partial charge in [-0.05, 0) is 59.0 Å². The van der Waals surface area contributed by atoms with Crippen molar-refractivity contribution < 1.29 is 19.1 Å². The second-order valence-electron chi connectivity index (χ2n) is 13.4. The first kappa shape index (κ1) is 31.3. The van der Waals surface area contributed by atoms with Gasteiger partial charge in [0.05, 0.1) is 6.04 Å². The van der Waals surface area contributed by atoms with Crippen LogP contribution in [0.1, 0.15) is 106 Å². The van der Waals surface area contributed by atoms with Crippen LogP contribution >= 0.6 is 0 Å². The second-order valence-corrected chi connectivity index (χ2v) is 19.3. The summed E-state index contributed by atoms with van der Waals surface area (Å²) in [5, 5.41) is 0.837. The highest BCUT2D eigenvalue weighted by atomic mass is 28.3. The van der Waals surface area contributed by atoms with Crippen molar-refractivity contribution >= 4 is 25.7 Å². The van der Waals surface area contributed by atoms with Gasteiger partial charge in [0.25, 0.3) is 0 Å². The van der Waals surface area contributed by atoms with Crippen molar-refractivity contribution in [1.29, 1.82) is 0 Å². The lowest BCUT2D eigenvalue weighted by atomic mass is 9.66. The molecule has 0 unspecified atom stereocenters. The van der Waals surface area contributed by atoms with Crippen molar-refractivity contribution in [2.45, 2.75) is 135 Å². The minimum atomic E-state index is -2.31. The van der Waals surface area contributed by atoms with Crippen LogP contribution < -0.4 is 0 Å². The number of nitrogens with zero attached hydrogens (tertiary/aromatic N) is 1. The van der Waals surface area contributed by atoms with Crippen LogP contribution in [0.5, 0.6) is 0 Å². The topological polar surface area (TPSA) is 63.7 Å². The molecule has 6 heteroatoms. The molecular weight excluding hydrogens is 502 g/mol. The highest BCUT2D eigenvalue weighted by Gasteiger charge is 2.51. The van der Waals surface area contributed by atoms with Gasteiger partial charge in [-0.15, -0.1) is 0 Å². The number of ether oxygens (including phenoxy) is 1. The number of benzene rings is 1. The third kappa shape index (κ3) is 6.26. The second kappa shape index (κ2) is 12.5. The summed E-state index contributed by atoms with van der Waals surface area (Å²) in [5.74, 6) is 0.270. The van der Waals surface area contributed by atoms with Crippen LogP contribution in [-0.4, -0.2) is 42.8 Å². The molecule has 1 fully saturated rings. The Balaban J connectivity index is 2.01. The van der Waals surface area contributed by atoms with E-state index in [9.17, 15) is 14.4 Å². The number of Topliss-reactive ketones (excluding diaryl/α,β-unsaturated/α-hetero) is 2. The third-order valence-corrected chi connectivity index (χ3v) is 16.9. The number of carbonyl (C=O) groups excluding carboxylic acids is 3. The van der Waals surface area contributed by atoms with Crippen molar-refractivity contribution in [1.82, 2.24) is 4.90 Å². The van der Waals surface area contributed by atoms with Crippen LogP contribution in [0.15, 0.2) is 41.7 Å². The van der Waals surface area contributed by atoms with Gasteiger partial charge in [0, 0.05) is 25.0 Å². The molecule has 216 valence electrons. The summed E-state index contributed by atoms with van der Waals surface area (Å²) in [6.45, 7) is 19.4. The lowest BCUT2D eigenvalue weighted by Crippen LogP contribution is -2.54. The minimum Gasteiger partial charge on any atom is -0.446 e. The summed E-state index contributed by atoms with van der Waals surface area (Å²) in [4.78, 5) is 41.6. The first-order valence-corrected chi connectivity index (χ1v) is 17.3. The van der Waals surface area contributed by atoms with Gasteiger partial charge in [-0.1, -0.05) is 92.1 Å². The molecule has 1 aliphatic heterocycles. The van der Waals surface area contributed by atoms with Crippen molar-refractivity contribution in [2.24, 2.45) is 5.92 Å². The summed E-state index contributed by atoms with van der Waals surface area (Å²) in [6, 6.07) is 10.0. The average Bonchev–Trinajstić information content (AvgIpc) is 2.85. The largest absolute Gasteiger partial charge is 0.446 e. The van der Waals surface area contributed by atoms with E-state index >= 15 is 0 Å². The number of hydrogen-bond acceptors (Lipinski definition) is 4. The standard InChI is InChI=1S/C33H51NO4Si/c1-22(2)39(23(3)4,24(5)6)31-21-34(27(19-25(7)35)20-29(31)36)32(37)38-30-18-14-13-17-28(30)33(8,9)26-15-11-10-12-16-26/h10-12,15-16,21-24,27-28,30H,13-14,17-20H2,1-9H3/t27-,28-,30-/m0/s1. The van der Waals surface area contributed by atoms with E-state index in [1.54, 1.807) is 4.90 Å². The van der Waals surface area contributed by atoms with E-state index in [1.807, 2.05) is 12.3 Å². The van der Waals surface area contributed by atoms with Crippen molar-refractivity contribution in [3.05, 3.63) is 47.3 Å². The maximum absolute atomic E-state index is 14.0. The van der Waals surface area contributed by atoms with Crippen LogP contribution in [0.3, 0.4) is 0 Å². The van der Waals surface area contributed by atoms with Crippen molar-refractivity contribution in [3.8, 4) is 0 Å². The van der Waals surface area contributed by atoms with E-state index in [4.69, 9.17) is 4.74 Å². The van der Waals surface area contributed by atoms with E-state index in [1.165, 1.54) is 12.5 Å². The Kier molecular flexibility index (Phi) is 10.1. The first-order chi connectivity index (χ1) is 18.2. The van der Waals surface area contributed by atoms with Crippen LogP contribution in [0, 0.1) is 5.92 Å². The monoisotopic (exact) mass is 553 g/mol. The third-order valence-electron chi connectivity index (χ3n) is 9.85. The molecule has 39 heavy (non-hydrogen) atoms. The normalized spacial score (nSPS) is 22.9. The van der Waals surface area contributed by atoms with Gasteiger partial charge in [0.2, 0.25) is 0 Å². The predicted octanol–water partition coefficient (Wildman–Crippen LogP) is 8.38. The molecule has 3 atom stereocenters. The summed E-state index contributed by atoms with van der Waals surface area (Å²) >= 11 is 0. The van der Waals surface area contributed by atoms with Crippen LogP contribution in [-0.2, 0) is 19.7 Å². The van der Waals surface area contributed by atoms with E-state index in [0.29, 0.717) is 16.6 Å². The van der Waals surface area contributed by atoms with Crippen LogP contribution in [0.25, 0.3) is 0 Å². The molecule has 3 rings (SSSR count). The molecule has 0 radical (unpaired) electrons. The zero-order chi connectivity index (χ0) is 29.1. The van der Waals surface area contributed by atoms with E-state index < -0.39 is 20.2 Å². The number of allylic oxidation sites excluding steroid dienone is 1. The lowest BCUT2D eigenvalue weighted by molar-refractivity contribution is -0.119. The first-order valence-electron chi connectivity index (χ1n) is 15.0. The summed E-state index contributed by atoms with van der Waals surface area (Å²) in [7, 11) is -2.31. The number of rotatable bonds is 9. The Morgan fingerprint density at radius 2 is 1.54 bits per heavy atom. The molecule has 1 amide bonds. The maximum Gasteiger partial charge on any atom is 0.414 e. The fourth-order valence-electron chi connectivity index (χ4n) is 8.06. The Morgan fingerprint density at radius 3 is 2.08 bits per heavy atom. The van der Waals surface area contributed by atoms with Crippen LogP contribution in [0.2, 0.25) is 16.6 Å². The van der Waals surface area contributed by atoms with E-state index in [-0.39, 0.29) is 41.8 Å². The molecule has 1 aromatic carbocycles. The molecule has 0 aromatic heterocycles. The van der Waals surface area contributed by atoms with Gasteiger partial charge in [-0.25, -0.2) is 4.79 Å². The molecule has 1 aliphatic carbocycles. The van der Waals surface area contributed by atoms with Gasteiger partial charge in [-0.2, -0.15) is 0 Å². The van der Waals surface area contributed by atoms with Gasteiger partial charge >= 0.3 is 6.09 Å². The fourth-order valence-corrected chi connectivity index (χ4v) is 14.9. The quantitative estimate of drug-likeness (QED) is 0.288. The molecule has 1 aromatic rings. The Morgan fingerprint density at radius 1 is 0.974 bits per heavy atom. The van der Waals surface area contributed by atoms with Crippen LogP contribution in [0.4, 0.5) is 4.79 Å². The lowest BCUT2D eigenvalue weighted by Gasteiger charge is -2.47.